The van der Waals surface area contributed by atoms with Gasteiger partial charge in [0, 0.05) is 24.4 Å². The van der Waals surface area contributed by atoms with Crippen molar-refractivity contribution >= 4 is 39.9 Å². The van der Waals surface area contributed by atoms with Crippen LogP contribution in [0.1, 0.15) is 25.3 Å². The summed E-state index contributed by atoms with van der Waals surface area (Å²) in [4.78, 5) is 27.5. The first-order chi connectivity index (χ1) is 15.4. The van der Waals surface area contributed by atoms with E-state index in [1.54, 1.807) is 0 Å². The first-order valence-corrected chi connectivity index (χ1v) is 11.3. The predicted octanol–water partition coefficient (Wildman–Crippen LogP) is 5.08. The molecule has 0 spiro atoms. The van der Waals surface area contributed by atoms with Crippen molar-refractivity contribution in [1.82, 2.24) is 10.3 Å². The van der Waals surface area contributed by atoms with Gasteiger partial charge in [-0.3, -0.25) is 9.59 Å². The Balaban J connectivity index is 1.45. The zero-order valence-electron chi connectivity index (χ0n) is 17.5. The number of benzene rings is 2. The van der Waals surface area contributed by atoms with Gasteiger partial charge in [-0.1, -0.05) is 35.9 Å². The Morgan fingerprint density at radius 2 is 1.97 bits per heavy atom. The third-order valence-corrected chi connectivity index (χ3v) is 5.55. The number of aromatic nitrogens is 1. The fourth-order valence-corrected chi connectivity index (χ4v) is 3.85. The van der Waals surface area contributed by atoms with Gasteiger partial charge < -0.3 is 15.4 Å². The number of hydrogen-bond donors (Lipinski definition) is 2. The maximum absolute atomic E-state index is 13.0. The molecular weight excluding hydrogens is 453 g/mol. The molecule has 0 aliphatic carbocycles. The minimum absolute atomic E-state index is 0.0171. The predicted molar refractivity (Wildman–Crippen MR) is 125 cm³/mol. The second kappa shape index (κ2) is 11.6. The van der Waals surface area contributed by atoms with E-state index in [2.05, 4.69) is 15.6 Å². The van der Waals surface area contributed by atoms with Crippen LogP contribution in [0.2, 0.25) is 5.02 Å². The zero-order valence-corrected chi connectivity index (χ0v) is 19.1. The monoisotopic (exact) mass is 475 g/mol. The number of nitrogens with zero attached hydrogens (tertiary/aromatic N) is 1. The average Bonchev–Trinajstić information content (AvgIpc) is 3.21. The summed E-state index contributed by atoms with van der Waals surface area (Å²) >= 11 is 7.24. The van der Waals surface area contributed by atoms with Gasteiger partial charge in [-0.2, -0.15) is 0 Å². The first kappa shape index (κ1) is 23.7. The molecule has 9 heteroatoms. The molecule has 1 aromatic heterocycles. The van der Waals surface area contributed by atoms with Crippen molar-refractivity contribution in [2.45, 2.75) is 26.2 Å². The van der Waals surface area contributed by atoms with Crippen LogP contribution >= 0.6 is 22.9 Å². The molecule has 0 saturated heterocycles. The van der Waals surface area contributed by atoms with E-state index < -0.39 is 5.82 Å². The molecule has 1 heterocycles. The minimum atomic E-state index is -0.448. The van der Waals surface area contributed by atoms with Crippen molar-refractivity contribution < 1.29 is 18.7 Å². The molecule has 3 rings (SSSR count). The smallest absolute Gasteiger partial charge is 0.229 e. The van der Waals surface area contributed by atoms with Crippen LogP contribution < -0.4 is 15.4 Å². The van der Waals surface area contributed by atoms with Crippen molar-refractivity contribution in [3.05, 3.63) is 64.2 Å². The molecule has 0 atom stereocenters. The van der Waals surface area contributed by atoms with Gasteiger partial charge in [0.2, 0.25) is 11.8 Å². The Morgan fingerprint density at radius 1 is 1.19 bits per heavy atom. The number of carbonyl (C=O) groups excluding carboxylic acids is 2. The van der Waals surface area contributed by atoms with Crippen molar-refractivity contribution in [2.24, 2.45) is 0 Å². The van der Waals surface area contributed by atoms with Gasteiger partial charge in [-0.25, -0.2) is 9.37 Å². The van der Waals surface area contributed by atoms with Gasteiger partial charge in [0.05, 0.1) is 23.7 Å². The fourth-order valence-electron chi connectivity index (χ4n) is 2.89. The lowest BCUT2D eigenvalue weighted by atomic mass is 10.1. The van der Waals surface area contributed by atoms with Gasteiger partial charge in [0.15, 0.2) is 5.13 Å². The summed E-state index contributed by atoms with van der Waals surface area (Å²) in [6.07, 6.45) is 1.86. The molecule has 3 aromatic rings. The lowest BCUT2D eigenvalue weighted by Crippen LogP contribution is -2.21. The van der Waals surface area contributed by atoms with E-state index in [1.165, 1.54) is 36.0 Å². The third kappa shape index (κ3) is 7.32. The molecule has 0 fully saturated rings. The lowest BCUT2D eigenvalue weighted by Gasteiger charge is -2.07. The first-order valence-electron chi connectivity index (χ1n) is 10.1. The van der Waals surface area contributed by atoms with Gasteiger partial charge in [0.1, 0.15) is 11.6 Å². The molecule has 32 heavy (non-hydrogen) atoms. The Bertz CT molecular complexity index is 1070. The van der Waals surface area contributed by atoms with E-state index in [1.807, 2.05) is 29.6 Å². The van der Waals surface area contributed by atoms with Crippen LogP contribution in [-0.4, -0.2) is 29.9 Å². The van der Waals surface area contributed by atoms with Crippen LogP contribution in [0.15, 0.2) is 47.8 Å². The quantitative estimate of drug-likeness (QED) is 0.401. The molecule has 0 bridgehead atoms. The molecular formula is C23H23ClFN3O3S. The van der Waals surface area contributed by atoms with E-state index in [0.717, 1.165) is 30.2 Å². The minimum Gasteiger partial charge on any atom is -0.491 e. The number of amides is 2. The Kier molecular flexibility index (Phi) is 8.58. The second-order valence-electron chi connectivity index (χ2n) is 7.04. The largest absolute Gasteiger partial charge is 0.491 e. The lowest BCUT2D eigenvalue weighted by molar-refractivity contribution is -0.119. The maximum Gasteiger partial charge on any atom is 0.229 e. The van der Waals surface area contributed by atoms with E-state index >= 15 is 0 Å². The van der Waals surface area contributed by atoms with Gasteiger partial charge in [-0.05, 0) is 36.6 Å². The molecule has 0 aliphatic rings. The van der Waals surface area contributed by atoms with E-state index in [4.69, 9.17) is 16.3 Å². The SMILES string of the molecule is CC(=O)NCCCc1ccc(-c2csc(NC(=O)CCOc3ccc(F)cc3Cl)n2)cc1. The Hall–Kier alpha value is -2.97. The summed E-state index contributed by atoms with van der Waals surface area (Å²) in [5.41, 5.74) is 2.93. The van der Waals surface area contributed by atoms with Crippen molar-refractivity contribution in [1.29, 1.82) is 0 Å². The third-order valence-electron chi connectivity index (χ3n) is 4.50. The highest BCUT2D eigenvalue weighted by Gasteiger charge is 2.10. The number of carbonyl (C=O) groups is 2. The number of anilines is 1. The normalized spacial score (nSPS) is 10.6. The molecule has 2 aromatic carbocycles. The fraction of sp³-hybridized carbons (Fsp3) is 0.261. The number of ether oxygens (including phenoxy) is 1. The molecule has 168 valence electrons. The van der Waals surface area contributed by atoms with E-state index in [0.29, 0.717) is 17.4 Å². The van der Waals surface area contributed by atoms with Crippen molar-refractivity contribution in [2.75, 3.05) is 18.5 Å². The molecule has 0 saturated carbocycles. The van der Waals surface area contributed by atoms with Crippen LogP contribution in [0.25, 0.3) is 11.3 Å². The van der Waals surface area contributed by atoms with E-state index in [-0.39, 0.29) is 29.9 Å². The summed E-state index contributed by atoms with van der Waals surface area (Å²) in [6.45, 7) is 2.28. The number of thiazole rings is 1. The van der Waals surface area contributed by atoms with Crippen LogP contribution in [0.4, 0.5) is 9.52 Å². The van der Waals surface area contributed by atoms with E-state index in [9.17, 15) is 14.0 Å². The average molecular weight is 476 g/mol. The van der Waals surface area contributed by atoms with Crippen LogP contribution in [0.5, 0.6) is 5.75 Å². The number of aryl methyl sites for hydroxylation is 1. The van der Waals surface area contributed by atoms with Crippen molar-refractivity contribution in [3.8, 4) is 17.0 Å². The highest BCUT2D eigenvalue weighted by atomic mass is 35.5. The van der Waals surface area contributed by atoms with Crippen LogP contribution in [0, 0.1) is 5.82 Å². The van der Waals surface area contributed by atoms with Crippen molar-refractivity contribution in [3.63, 3.8) is 0 Å². The molecule has 0 aliphatic heterocycles. The highest BCUT2D eigenvalue weighted by Crippen LogP contribution is 2.26. The van der Waals surface area contributed by atoms with Crippen LogP contribution in [-0.2, 0) is 16.0 Å². The summed E-state index contributed by atoms with van der Waals surface area (Å²) in [7, 11) is 0. The Labute approximate surface area is 194 Å². The highest BCUT2D eigenvalue weighted by molar-refractivity contribution is 7.14. The topological polar surface area (TPSA) is 80.3 Å². The zero-order chi connectivity index (χ0) is 22.9. The summed E-state index contributed by atoms with van der Waals surface area (Å²) < 4.78 is 18.5. The molecule has 0 radical (unpaired) electrons. The number of nitrogens with one attached hydrogen (secondary N) is 2. The molecule has 0 unspecified atom stereocenters. The molecule has 2 N–H and O–H groups in total. The Morgan fingerprint density at radius 3 is 2.69 bits per heavy atom. The van der Waals surface area contributed by atoms with Gasteiger partial charge in [-0.15, -0.1) is 11.3 Å². The summed E-state index contributed by atoms with van der Waals surface area (Å²) in [6, 6.07) is 11.9. The summed E-state index contributed by atoms with van der Waals surface area (Å²) in [5.74, 6) is -0.373. The summed E-state index contributed by atoms with van der Waals surface area (Å²) in [5, 5.41) is 8.10. The number of halogens is 2. The molecule has 6 nitrogen and oxygen atoms in total. The number of rotatable bonds is 10. The second-order valence-corrected chi connectivity index (χ2v) is 8.31. The maximum atomic E-state index is 13.0. The van der Waals surface area contributed by atoms with Gasteiger partial charge >= 0.3 is 0 Å². The van der Waals surface area contributed by atoms with Gasteiger partial charge in [0.25, 0.3) is 0 Å². The number of hydrogen-bond acceptors (Lipinski definition) is 5. The molecule has 2 amide bonds. The standard InChI is InChI=1S/C23H23ClFN3O3S/c1-15(29)26-11-2-3-16-4-6-17(7-5-16)20-14-32-23(27-20)28-22(30)10-12-31-21-9-8-18(25)13-19(21)24/h4-9,13-14H,2-3,10-12H2,1H3,(H,26,29)(H,27,28,30). The van der Waals surface area contributed by atoms with Crippen LogP contribution in [0.3, 0.4) is 0 Å².